The second-order valence-electron chi connectivity index (χ2n) is 4.95. The lowest BCUT2D eigenvalue weighted by atomic mass is 9.84. The van der Waals surface area contributed by atoms with Crippen molar-refractivity contribution in [2.45, 2.75) is 44.6 Å². The monoisotopic (exact) mass is 286 g/mol. The fourth-order valence-electron chi connectivity index (χ4n) is 2.29. The quantitative estimate of drug-likeness (QED) is 0.507. The average molecular weight is 286 g/mol. The van der Waals surface area contributed by atoms with Crippen LogP contribution >= 0.6 is 0 Å². The van der Waals surface area contributed by atoms with Crippen LogP contribution in [0.3, 0.4) is 0 Å². The van der Waals surface area contributed by atoms with E-state index in [0.29, 0.717) is 12.8 Å². The van der Waals surface area contributed by atoms with Gasteiger partial charge in [0, 0.05) is 1.37 Å². The van der Waals surface area contributed by atoms with Gasteiger partial charge in [-0.2, -0.15) is 0 Å². The molecule has 0 aromatic heterocycles. The van der Waals surface area contributed by atoms with Gasteiger partial charge < -0.3 is 21.5 Å². The Kier molecular flexibility index (Phi) is 6.30. The molecule has 7 heteroatoms. The number of carbonyl (C=O) groups is 3. The van der Waals surface area contributed by atoms with Gasteiger partial charge in [-0.05, 0) is 12.3 Å². The molecule has 1 rings (SSSR count). The third-order valence-electron chi connectivity index (χ3n) is 3.30. The van der Waals surface area contributed by atoms with Gasteiger partial charge in [0.2, 0.25) is 11.8 Å². The minimum absolute atomic E-state index is 0.171. The second-order valence-corrected chi connectivity index (χ2v) is 4.95. The SMILES string of the molecule is [2H]C1(C[C@H](NC(=O)CN)C(=O)NCC(=O)O)CCCCC1. The molecule has 0 heterocycles. The highest BCUT2D eigenvalue weighted by Gasteiger charge is 2.25. The first-order chi connectivity index (χ1) is 9.86. The molecule has 0 aromatic rings. The van der Waals surface area contributed by atoms with Crippen molar-refractivity contribution < 1.29 is 20.9 Å². The van der Waals surface area contributed by atoms with E-state index in [-0.39, 0.29) is 13.0 Å². The number of hydrogen-bond acceptors (Lipinski definition) is 4. The van der Waals surface area contributed by atoms with Crippen LogP contribution in [0, 0.1) is 5.89 Å². The van der Waals surface area contributed by atoms with Crippen LogP contribution in [0.15, 0.2) is 0 Å². The average Bonchev–Trinajstić information content (AvgIpc) is 2.44. The van der Waals surface area contributed by atoms with E-state index in [9.17, 15) is 14.4 Å². The van der Waals surface area contributed by atoms with E-state index in [1.807, 2.05) is 0 Å². The Bertz CT molecular complexity index is 397. The fraction of sp³-hybridized carbons (Fsp3) is 0.769. The van der Waals surface area contributed by atoms with Crippen molar-refractivity contribution in [3.63, 3.8) is 0 Å². The third-order valence-corrected chi connectivity index (χ3v) is 3.30. The first kappa shape index (κ1) is 14.8. The van der Waals surface area contributed by atoms with Gasteiger partial charge in [0.15, 0.2) is 0 Å². The van der Waals surface area contributed by atoms with Crippen LogP contribution < -0.4 is 16.4 Å². The summed E-state index contributed by atoms with van der Waals surface area (Å²) in [5.41, 5.74) is 5.22. The zero-order valence-corrected chi connectivity index (χ0v) is 11.5. The Hall–Kier alpha value is -1.63. The fourth-order valence-corrected chi connectivity index (χ4v) is 2.29. The molecule has 0 saturated heterocycles. The standard InChI is InChI=1S/C13H23N3O4/c14-7-11(17)16-10(13(20)15-8-12(18)19)6-9-4-2-1-3-5-9/h9-10H,1-8,14H2,(H,15,20)(H,16,17)(H,18,19)/t10-/m0/s1/i9D. The summed E-state index contributed by atoms with van der Waals surface area (Å²) in [6.45, 7) is -0.771. The number of carbonyl (C=O) groups excluding carboxylic acids is 2. The Balaban J connectivity index is 2.68. The zero-order chi connectivity index (χ0) is 15.9. The molecule has 1 saturated carbocycles. The molecule has 5 N–H and O–H groups in total. The molecule has 0 aromatic carbocycles. The van der Waals surface area contributed by atoms with Crippen molar-refractivity contribution in [1.29, 1.82) is 0 Å². The largest absolute Gasteiger partial charge is 0.480 e. The van der Waals surface area contributed by atoms with Gasteiger partial charge in [0.25, 0.3) is 0 Å². The summed E-state index contributed by atoms with van der Waals surface area (Å²) in [6, 6.07) is -0.920. The molecule has 1 aliphatic carbocycles. The summed E-state index contributed by atoms with van der Waals surface area (Å²) in [7, 11) is 0. The van der Waals surface area contributed by atoms with Crippen molar-refractivity contribution in [3.8, 4) is 0 Å². The number of amides is 2. The van der Waals surface area contributed by atoms with Gasteiger partial charge in [0.1, 0.15) is 12.6 Å². The van der Waals surface area contributed by atoms with Crippen molar-refractivity contribution in [2.75, 3.05) is 13.1 Å². The van der Waals surface area contributed by atoms with E-state index in [4.69, 9.17) is 12.2 Å². The lowest BCUT2D eigenvalue weighted by Crippen LogP contribution is -2.50. The normalized spacial score (nSPS) is 19.6. The summed E-state index contributed by atoms with van der Waals surface area (Å²) in [4.78, 5) is 33.9. The van der Waals surface area contributed by atoms with Gasteiger partial charge in [-0.25, -0.2) is 0 Å². The van der Waals surface area contributed by atoms with Gasteiger partial charge >= 0.3 is 5.97 Å². The first-order valence-corrected chi connectivity index (χ1v) is 6.85. The molecule has 7 nitrogen and oxygen atoms in total. The van der Waals surface area contributed by atoms with Gasteiger partial charge in [-0.3, -0.25) is 14.4 Å². The highest BCUT2D eigenvalue weighted by atomic mass is 16.4. The predicted octanol–water partition coefficient (Wildman–Crippen LogP) is -0.399. The molecule has 0 unspecified atom stereocenters. The van der Waals surface area contributed by atoms with Crippen molar-refractivity contribution in [2.24, 2.45) is 11.6 Å². The Morgan fingerprint density at radius 2 is 1.95 bits per heavy atom. The number of nitrogens with one attached hydrogen (secondary N) is 2. The second kappa shape index (κ2) is 8.52. The van der Waals surface area contributed by atoms with Crippen molar-refractivity contribution in [1.82, 2.24) is 10.6 Å². The summed E-state index contributed by atoms with van der Waals surface area (Å²) in [5.74, 6) is -3.00. The van der Waals surface area contributed by atoms with Gasteiger partial charge in [-0.15, -0.1) is 0 Å². The van der Waals surface area contributed by atoms with E-state index < -0.39 is 36.3 Å². The zero-order valence-electron chi connectivity index (χ0n) is 12.5. The molecule has 1 aliphatic rings. The van der Waals surface area contributed by atoms with Crippen LogP contribution in [0.1, 0.15) is 39.9 Å². The Labute approximate surface area is 119 Å². The molecule has 20 heavy (non-hydrogen) atoms. The molecule has 1 atom stereocenters. The number of nitrogens with two attached hydrogens (primary N) is 1. The summed E-state index contributed by atoms with van der Waals surface area (Å²) in [5, 5.41) is 13.3. The highest BCUT2D eigenvalue weighted by Crippen LogP contribution is 2.27. The van der Waals surface area contributed by atoms with E-state index in [1.165, 1.54) is 0 Å². The molecule has 2 amide bonds. The van der Waals surface area contributed by atoms with E-state index >= 15 is 0 Å². The lowest BCUT2D eigenvalue weighted by Gasteiger charge is -2.26. The van der Waals surface area contributed by atoms with Crippen LogP contribution in [-0.2, 0) is 14.4 Å². The van der Waals surface area contributed by atoms with Crippen LogP contribution in [0.5, 0.6) is 0 Å². The summed E-state index contributed by atoms with van der Waals surface area (Å²) >= 11 is 0. The van der Waals surface area contributed by atoms with E-state index in [0.717, 1.165) is 19.3 Å². The smallest absolute Gasteiger partial charge is 0.322 e. The maximum absolute atomic E-state index is 12.0. The lowest BCUT2D eigenvalue weighted by molar-refractivity contribution is -0.138. The van der Waals surface area contributed by atoms with Crippen LogP contribution in [0.25, 0.3) is 0 Å². The van der Waals surface area contributed by atoms with E-state index in [1.54, 1.807) is 0 Å². The summed E-state index contributed by atoms with van der Waals surface area (Å²) < 4.78 is 8.38. The van der Waals surface area contributed by atoms with E-state index in [2.05, 4.69) is 10.6 Å². The van der Waals surface area contributed by atoms with Gasteiger partial charge in [0.05, 0.1) is 6.54 Å². The number of hydrogen-bond donors (Lipinski definition) is 4. The number of carboxylic acid groups (broad SMARTS) is 1. The predicted molar refractivity (Wildman–Crippen MR) is 72.8 cm³/mol. The third kappa shape index (κ3) is 6.01. The Morgan fingerprint density at radius 1 is 1.30 bits per heavy atom. The molecule has 114 valence electrons. The molecular formula is C13H23N3O4. The number of aliphatic carboxylic acids is 1. The Morgan fingerprint density at radius 3 is 2.50 bits per heavy atom. The molecule has 0 radical (unpaired) electrons. The van der Waals surface area contributed by atoms with Crippen molar-refractivity contribution in [3.05, 3.63) is 0 Å². The molecule has 0 aliphatic heterocycles. The highest BCUT2D eigenvalue weighted by molar-refractivity contribution is 5.89. The number of carboxylic acids is 1. The van der Waals surface area contributed by atoms with Crippen molar-refractivity contribution >= 4 is 17.8 Å². The minimum atomic E-state index is -1.16. The maximum atomic E-state index is 12.0. The van der Waals surface area contributed by atoms with Gasteiger partial charge in [-0.1, -0.05) is 32.1 Å². The molecular weight excluding hydrogens is 262 g/mol. The molecule has 0 bridgehead atoms. The maximum Gasteiger partial charge on any atom is 0.322 e. The molecule has 0 spiro atoms. The first-order valence-electron chi connectivity index (χ1n) is 7.35. The summed E-state index contributed by atoms with van der Waals surface area (Å²) in [6.07, 6.45) is 4.45. The topological polar surface area (TPSA) is 122 Å². The van der Waals surface area contributed by atoms with Crippen LogP contribution in [0.2, 0.25) is 0 Å². The van der Waals surface area contributed by atoms with Crippen LogP contribution in [-0.4, -0.2) is 42.0 Å². The van der Waals surface area contributed by atoms with Crippen LogP contribution in [0.4, 0.5) is 0 Å². The molecule has 1 fully saturated rings. The minimum Gasteiger partial charge on any atom is -0.480 e. The number of rotatable bonds is 7.